The van der Waals surface area contributed by atoms with Crippen molar-refractivity contribution >= 4 is 11.9 Å². The van der Waals surface area contributed by atoms with Gasteiger partial charge < -0.3 is 10.0 Å². The Morgan fingerprint density at radius 1 is 1.44 bits per heavy atom. The molecule has 1 aliphatic heterocycles. The number of aromatic nitrogens is 1. The average molecular weight is 248 g/mol. The molecule has 0 aromatic carbocycles. The minimum atomic E-state index is -0.829. The number of carboxylic acid groups (broad SMARTS) is 1. The molecular weight excluding hydrogens is 232 g/mol. The lowest BCUT2D eigenvalue weighted by Crippen LogP contribution is -2.42. The van der Waals surface area contributed by atoms with Crippen LogP contribution in [0.4, 0.5) is 0 Å². The normalized spacial score (nSPS) is 19.6. The molecule has 0 saturated carbocycles. The number of aryl methyl sites for hydroxylation is 1. The van der Waals surface area contributed by atoms with E-state index in [4.69, 9.17) is 5.11 Å². The Morgan fingerprint density at radius 2 is 2.22 bits per heavy atom. The number of aliphatic carboxylic acids is 1. The molecule has 96 valence electrons. The Balaban J connectivity index is 2.11. The van der Waals surface area contributed by atoms with Gasteiger partial charge in [0.2, 0.25) is 0 Å². The lowest BCUT2D eigenvalue weighted by molar-refractivity contribution is -0.143. The quantitative estimate of drug-likeness (QED) is 0.857. The Morgan fingerprint density at radius 3 is 2.89 bits per heavy atom. The average Bonchev–Trinajstić information content (AvgIpc) is 2.38. The fraction of sp³-hybridized carbons (Fsp3) is 0.462. The molecule has 1 aromatic heterocycles. The topological polar surface area (TPSA) is 70.5 Å². The van der Waals surface area contributed by atoms with Gasteiger partial charge in [-0.25, -0.2) is 4.98 Å². The van der Waals surface area contributed by atoms with E-state index in [2.05, 4.69) is 4.98 Å². The Hall–Kier alpha value is -1.91. The summed E-state index contributed by atoms with van der Waals surface area (Å²) in [5, 5.41) is 9.00. The molecule has 2 rings (SSSR count). The van der Waals surface area contributed by atoms with E-state index in [1.54, 1.807) is 17.0 Å². The number of likely N-dealkylation sites (tertiary alicyclic amines) is 1. The zero-order valence-corrected chi connectivity index (χ0v) is 10.3. The van der Waals surface area contributed by atoms with Gasteiger partial charge in [-0.3, -0.25) is 9.59 Å². The fourth-order valence-corrected chi connectivity index (χ4v) is 2.19. The highest BCUT2D eigenvalue weighted by Crippen LogP contribution is 2.18. The minimum Gasteiger partial charge on any atom is -0.481 e. The number of hydrogen-bond acceptors (Lipinski definition) is 3. The van der Waals surface area contributed by atoms with Crippen LogP contribution >= 0.6 is 0 Å². The number of hydrogen-bond donors (Lipinski definition) is 1. The predicted molar refractivity (Wildman–Crippen MR) is 65.2 cm³/mol. The largest absolute Gasteiger partial charge is 0.481 e. The molecule has 1 amide bonds. The Labute approximate surface area is 105 Å². The van der Waals surface area contributed by atoms with E-state index in [9.17, 15) is 9.59 Å². The van der Waals surface area contributed by atoms with Crippen molar-refractivity contribution in [2.24, 2.45) is 5.92 Å². The molecule has 5 heteroatoms. The number of carboxylic acids is 1. The van der Waals surface area contributed by atoms with Gasteiger partial charge in [-0.15, -0.1) is 0 Å². The van der Waals surface area contributed by atoms with Gasteiger partial charge in [0, 0.05) is 18.8 Å². The second-order valence-electron chi connectivity index (χ2n) is 4.59. The third kappa shape index (κ3) is 2.67. The van der Waals surface area contributed by atoms with E-state index in [0.29, 0.717) is 18.7 Å². The molecule has 1 aliphatic rings. The molecule has 1 atom stereocenters. The first-order chi connectivity index (χ1) is 8.58. The lowest BCUT2D eigenvalue weighted by atomic mass is 9.98. The first-order valence-corrected chi connectivity index (χ1v) is 6.03. The highest BCUT2D eigenvalue weighted by molar-refractivity contribution is 5.92. The van der Waals surface area contributed by atoms with Gasteiger partial charge in [0.1, 0.15) is 5.69 Å². The first-order valence-electron chi connectivity index (χ1n) is 6.03. The molecule has 18 heavy (non-hydrogen) atoms. The molecule has 0 aliphatic carbocycles. The summed E-state index contributed by atoms with van der Waals surface area (Å²) in [5.74, 6) is -1.46. The molecule has 1 saturated heterocycles. The maximum Gasteiger partial charge on any atom is 0.308 e. The van der Waals surface area contributed by atoms with E-state index < -0.39 is 11.9 Å². The molecule has 5 nitrogen and oxygen atoms in total. The predicted octanol–water partition coefficient (Wildman–Crippen LogP) is 1.33. The summed E-state index contributed by atoms with van der Waals surface area (Å²) in [7, 11) is 0. The summed E-state index contributed by atoms with van der Waals surface area (Å²) >= 11 is 0. The van der Waals surface area contributed by atoms with E-state index in [0.717, 1.165) is 12.1 Å². The van der Waals surface area contributed by atoms with Crippen molar-refractivity contribution in [2.45, 2.75) is 19.8 Å². The van der Waals surface area contributed by atoms with E-state index >= 15 is 0 Å². The van der Waals surface area contributed by atoms with Crippen LogP contribution in [0.2, 0.25) is 0 Å². The summed E-state index contributed by atoms with van der Waals surface area (Å²) in [6.45, 7) is 2.72. The molecule has 2 heterocycles. The van der Waals surface area contributed by atoms with Crippen LogP contribution in [0.3, 0.4) is 0 Å². The van der Waals surface area contributed by atoms with Gasteiger partial charge in [0.05, 0.1) is 5.92 Å². The van der Waals surface area contributed by atoms with Crippen molar-refractivity contribution in [1.82, 2.24) is 9.88 Å². The van der Waals surface area contributed by atoms with E-state index in [1.165, 1.54) is 0 Å². The number of amides is 1. The number of piperidine rings is 1. The molecule has 0 radical (unpaired) electrons. The van der Waals surface area contributed by atoms with Gasteiger partial charge in [-0.2, -0.15) is 0 Å². The van der Waals surface area contributed by atoms with Gasteiger partial charge in [-0.05, 0) is 31.9 Å². The third-order valence-electron chi connectivity index (χ3n) is 3.17. The summed E-state index contributed by atoms with van der Waals surface area (Å²) in [6.07, 6.45) is 1.37. The highest BCUT2D eigenvalue weighted by atomic mass is 16.4. The zero-order valence-electron chi connectivity index (χ0n) is 10.3. The van der Waals surface area contributed by atoms with Crippen LogP contribution in [0, 0.1) is 12.8 Å². The summed E-state index contributed by atoms with van der Waals surface area (Å²) in [5.41, 5.74) is 1.17. The molecule has 1 N–H and O–H groups in total. The standard InChI is InChI=1S/C13H16N2O3/c1-9-4-2-6-11(14-9)12(16)15-7-3-5-10(8-15)13(17)18/h2,4,6,10H,3,5,7-8H2,1H3,(H,17,18). The van der Waals surface area contributed by atoms with Crippen molar-refractivity contribution in [2.75, 3.05) is 13.1 Å². The maximum atomic E-state index is 12.2. The zero-order chi connectivity index (χ0) is 13.1. The van der Waals surface area contributed by atoms with E-state index in [-0.39, 0.29) is 12.5 Å². The van der Waals surface area contributed by atoms with Crippen molar-refractivity contribution in [1.29, 1.82) is 0 Å². The third-order valence-corrected chi connectivity index (χ3v) is 3.17. The van der Waals surface area contributed by atoms with Crippen LogP contribution in [0.5, 0.6) is 0 Å². The maximum absolute atomic E-state index is 12.2. The van der Waals surface area contributed by atoms with Crippen molar-refractivity contribution in [3.8, 4) is 0 Å². The van der Waals surface area contributed by atoms with Crippen LogP contribution in [0.15, 0.2) is 18.2 Å². The number of carbonyl (C=O) groups excluding carboxylic acids is 1. The van der Waals surface area contributed by atoms with Gasteiger partial charge >= 0.3 is 5.97 Å². The summed E-state index contributed by atoms with van der Waals surface area (Å²) in [4.78, 5) is 28.9. The monoisotopic (exact) mass is 248 g/mol. The fourth-order valence-electron chi connectivity index (χ4n) is 2.19. The van der Waals surface area contributed by atoms with Gasteiger partial charge in [-0.1, -0.05) is 6.07 Å². The second-order valence-corrected chi connectivity index (χ2v) is 4.59. The van der Waals surface area contributed by atoms with Crippen molar-refractivity contribution in [3.63, 3.8) is 0 Å². The SMILES string of the molecule is Cc1cccc(C(=O)N2CCCC(C(=O)O)C2)n1. The second kappa shape index (κ2) is 5.16. The highest BCUT2D eigenvalue weighted by Gasteiger charge is 2.28. The smallest absolute Gasteiger partial charge is 0.308 e. The molecule has 1 fully saturated rings. The van der Waals surface area contributed by atoms with E-state index in [1.807, 2.05) is 13.0 Å². The van der Waals surface area contributed by atoms with Crippen LogP contribution in [0.25, 0.3) is 0 Å². The van der Waals surface area contributed by atoms with Crippen LogP contribution in [-0.4, -0.2) is 40.0 Å². The minimum absolute atomic E-state index is 0.176. The molecule has 1 unspecified atom stereocenters. The van der Waals surface area contributed by atoms with Crippen molar-refractivity contribution < 1.29 is 14.7 Å². The van der Waals surface area contributed by atoms with Gasteiger partial charge in [0.25, 0.3) is 5.91 Å². The number of nitrogens with zero attached hydrogens (tertiary/aromatic N) is 2. The Bertz CT molecular complexity index is 473. The summed E-state index contributed by atoms with van der Waals surface area (Å²) < 4.78 is 0. The molecule has 0 spiro atoms. The van der Waals surface area contributed by atoms with Crippen molar-refractivity contribution in [3.05, 3.63) is 29.6 Å². The number of rotatable bonds is 2. The number of pyridine rings is 1. The lowest BCUT2D eigenvalue weighted by Gasteiger charge is -2.30. The Kier molecular flexibility index (Phi) is 3.60. The van der Waals surface area contributed by atoms with Gasteiger partial charge in [0.15, 0.2) is 0 Å². The van der Waals surface area contributed by atoms with Crippen LogP contribution in [-0.2, 0) is 4.79 Å². The van der Waals surface area contributed by atoms with Crippen LogP contribution < -0.4 is 0 Å². The molecular formula is C13H16N2O3. The first kappa shape index (κ1) is 12.5. The number of carbonyl (C=O) groups is 2. The summed E-state index contributed by atoms with van der Waals surface area (Å²) in [6, 6.07) is 5.28. The molecule has 0 bridgehead atoms. The van der Waals surface area contributed by atoms with Crippen LogP contribution in [0.1, 0.15) is 29.0 Å². The molecule has 1 aromatic rings.